The number of rotatable bonds is 2. The van der Waals surface area contributed by atoms with Crippen molar-refractivity contribution in [3.8, 4) is 11.3 Å². The van der Waals surface area contributed by atoms with Gasteiger partial charge in [-0.1, -0.05) is 0 Å². The van der Waals surface area contributed by atoms with Crippen molar-refractivity contribution in [3.63, 3.8) is 0 Å². The summed E-state index contributed by atoms with van der Waals surface area (Å²) in [7, 11) is 0. The Morgan fingerprint density at radius 2 is 2.00 bits per heavy atom. The third-order valence-corrected chi connectivity index (χ3v) is 8.63. The molecule has 1 aliphatic carbocycles. The van der Waals surface area contributed by atoms with Crippen LogP contribution in [-0.4, -0.2) is 76.0 Å². The molecule has 9 nitrogen and oxygen atoms in total. The van der Waals surface area contributed by atoms with Gasteiger partial charge in [-0.15, -0.1) is 0 Å². The van der Waals surface area contributed by atoms with Crippen LogP contribution in [0.1, 0.15) is 41.1 Å². The van der Waals surface area contributed by atoms with Crippen LogP contribution >= 0.6 is 0 Å². The molecular weight excluding hydrogens is 468 g/mol. The fourth-order valence-electron chi connectivity index (χ4n) is 6.58. The van der Waals surface area contributed by atoms with Crippen molar-refractivity contribution in [2.24, 2.45) is 11.8 Å². The first-order valence-corrected chi connectivity index (χ1v) is 13.4. The molecule has 9 heteroatoms. The van der Waals surface area contributed by atoms with Gasteiger partial charge in [0, 0.05) is 56.3 Å². The Hall–Kier alpha value is -3.30. The Morgan fingerprint density at radius 1 is 1.16 bits per heavy atom. The highest BCUT2D eigenvalue weighted by Gasteiger charge is 2.43. The number of H-pyrrole nitrogens is 1. The van der Waals surface area contributed by atoms with Crippen LogP contribution in [0.15, 0.2) is 24.5 Å². The van der Waals surface area contributed by atoms with E-state index in [0.29, 0.717) is 45.2 Å². The molecule has 2 unspecified atom stereocenters. The Labute approximate surface area is 215 Å². The van der Waals surface area contributed by atoms with E-state index >= 15 is 0 Å². The number of nitrogens with one attached hydrogen (secondary N) is 2. The van der Waals surface area contributed by atoms with Crippen molar-refractivity contribution in [1.82, 2.24) is 30.1 Å². The maximum Gasteiger partial charge on any atom is 0.320 e. The second-order valence-electron chi connectivity index (χ2n) is 10.9. The molecule has 5 heterocycles. The Morgan fingerprint density at radius 3 is 2.78 bits per heavy atom. The molecule has 0 radical (unpaired) electrons. The fourth-order valence-corrected chi connectivity index (χ4v) is 6.58. The molecular formula is C28H32N6O3. The fraction of sp³-hybridized carbons (Fsp3) is 0.500. The minimum Gasteiger partial charge on any atom is -0.378 e. The summed E-state index contributed by atoms with van der Waals surface area (Å²) in [6, 6.07) is 4.56. The third-order valence-electron chi connectivity index (χ3n) is 8.63. The molecule has 1 aromatic carbocycles. The second-order valence-corrected chi connectivity index (χ2v) is 10.9. The number of likely N-dealkylation sites (tertiary alicyclic amines) is 1. The summed E-state index contributed by atoms with van der Waals surface area (Å²) >= 11 is 0. The van der Waals surface area contributed by atoms with E-state index in [-0.39, 0.29) is 23.9 Å². The number of urea groups is 1. The van der Waals surface area contributed by atoms with Gasteiger partial charge >= 0.3 is 6.03 Å². The molecule has 2 bridgehead atoms. The van der Waals surface area contributed by atoms with E-state index in [1.54, 1.807) is 0 Å². The number of morpholine rings is 1. The lowest BCUT2D eigenvalue weighted by molar-refractivity contribution is -0.126. The maximum absolute atomic E-state index is 13.6. The third kappa shape index (κ3) is 3.92. The van der Waals surface area contributed by atoms with E-state index in [2.05, 4.69) is 27.4 Å². The Kier molecular flexibility index (Phi) is 5.51. The van der Waals surface area contributed by atoms with E-state index in [4.69, 9.17) is 9.72 Å². The summed E-state index contributed by atoms with van der Waals surface area (Å²) in [4.78, 5) is 42.5. The summed E-state index contributed by atoms with van der Waals surface area (Å²) in [6.45, 7) is 6.52. The highest BCUT2D eigenvalue weighted by atomic mass is 16.5. The molecule has 1 saturated carbocycles. The lowest BCUT2D eigenvalue weighted by Gasteiger charge is -2.38. The van der Waals surface area contributed by atoms with Crippen LogP contribution in [0, 0.1) is 18.8 Å². The van der Waals surface area contributed by atoms with Crippen LogP contribution in [0.3, 0.4) is 0 Å². The Balaban J connectivity index is 1.22. The standard InChI is InChI=1S/C28H32N6O3/c1-16-10-30-27-25(16)32-23(11-31-27)20-8-17-4-6-33(14-22(17)21(9-20)24-15-37-7-5-29-24)28(36)34-12-18-2-3-19(13-34)26(18)35/h8-11,18-19,24,29H,2-7,12-15H2,1H3,(H,30,31)/t18?,19?,24-/m0/s1. The zero-order valence-corrected chi connectivity index (χ0v) is 21.1. The van der Waals surface area contributed by atoms with Gasteiger partial charge in [-0.25, -0.2) is 14.8 Å². The van der Waals surface area contributed by atoms with E-state index in [9.17, 15) is 9.59 Å². The quantitative estimate of drug-likeness (QED) is 0.561. The highest BCUT2D eigenvalue weighted by molar-refractivity contribution is 5.88. The van der Waals surface area contributed by atoms with Gasteiger partial charge in [-0.2, -0.15) is 0 Å². The van der Waals surface area contributed by atoms with Crippen molar-refractivity contribution < 1.29 is 14.3 Å². The number of aryl methyl sites for hydroxylation is 1. The predicted molar refractivity (Wildman–Crippen MR) is 138 cm³/mol. The lowest BCUT2D eigenvalue weighted by Crippen LogP contribution is -2.52. The van der Waals surface area contributed by atoms with Crippen LogP contribution in [0.2, 0.25) is 0 Å². The number of nitrogens with zero attached hydrogens (tertiary/aromatic N) is 4. The zero-order valence-electron chi connectivity index (χ0n) is 21.1. The first kappa shape index (κ1) is 22.9. The number of piperidine rings is 1. The van der Waals surface area contributed by atoms with E-state index in [0.717, 1.165) is 53.8 Å². The number of carbonyl (C=O) groups excluding carboxylic acids is 2. The van der Waals surface area contributed by atoms with Gasteiger partial charge in [-0.3, -0.25) is 4.79 Å². The summed E-state index contributed by atoms with van der Waals surface area (Å²) in [6.07, 6.45) is 6.40. The number of hydrogen-bond acceptors (Lipinski definition) is 6. The summed E-state index contributed by atoms with van der Waals surface area (Å²) < 4.78 is 5.83. The van der Waals surface area contributed by atoms with Gasteiger partial charge < -0.3 is 24.8 Å². The molecule has 4 aliphatic rings. The normalized spacial score (nSPS) is 25.5. The summed E-state index contributed by atoms with van der Waals surface area (Å²) in [5.41, 5.74) is 8.29. The number of hydrogen-bond donors (Lipinski definition) is 2. The van der Waals surface area contributed by atoms with Crippen LogP contribution < -0.4 is 5.32 Å². The van der Waals surface area contributed by atoms with Gasteiger partial charge in [0.15, 0.2) is 5.65 Å². The molecule has 2 aromatic heterocycles. The van der Waals surface area contributed by atoms with Crippen molar-refractivity contribution in [2.75, 3.05) is 39.4 Å². The molecule has 3 aliphatic heterocycles. The topological polar surface area (TPSA) is 103 Å². The van der Waals surface area contributed by atoms with E-state index < -0.39 is 0 Å². The minimum absolute atomic E-state index is 0.0311. The number of carbonyl (C=O) groups is 2. The monoisotopic (exact) mass is 500 g/mol. The van der Waals surface area contributed by atoms with E-state index in [1.807, 2.05) is 29.1 Å². The van der Waals surface area contributed by atoms with Crippen molar-refractivity contribution in [2.45, 2.75) is 38.8 Å². The van der Waals surface area contributed by atoms with Crippen molar-refractivity contribution in [3.05, 3.63) is 46.8 Å². The molecule has 3 atom stereocenters. The number of amides is 2. The SMILES string of the molecule is Cc1c[nH]c2ncc(-c3cc4c(c([C@@H]5COCCN5)c3)CN(C(=O)N3CC5CCC(C3)C5=O)CC4)nc12. The number of aromatic nitrogens is 3. The maximum atomic E-state index is 13.6. The predicted octanol–water partition coefficient (Wildman–Crippen LogP) is 2.98. The van der Waals surface area contributed by atoms with Gasteiger partial charge in [0.2, 0.25) is 0 Å². The van der Waals surface area contributed by atoms with Crippen LogP contribution in [0.5, 0.6) is 0 Å². The second kappa shape index (κ2) is 8.92. The Bertz CT molecular complexity index is 1380. The summed E-state index contributed by atoms with van der Waals surface area (Å²) in [5.74, 6) is 0.425. The zero-order chi connectivity index (χ0) is 25.1. The smallest absolute Gasteiger partial charge is 0.320 e. The first-order chi connectivity index (χ1) is 18.0. The summed E-state index contributed by atoms with van der Waals surface area (Å²) in [5, 5.41) is 3.61. The first-order valence-electron chi connectivity index (χ1n) is 13.4. The lowest BCUT2D eigenvalue weighted by atomic mass is 9.88. The van der Waals surface area contributed by atoms with E-state index in [1.165, 1.54) is 16.7 Å². The number of benzene rings is 1. The average Bonchev–Trinajstić information content (AvgIpc) is 3.38. The number of ketones is 1. The molecule has 2 saturated heterocycles. The van der Waals surface area contributed by atoms with Crippen molar-refractivity contribution in [1.29, 1.82) is 0 Å². The molecule has 192 valence electrons. The van der Waals surface area contributed by atoms with Crippen LogP contribution in [0.4, 0.5) is 4.79 Å². The van der Waals surface area contributed by atoms with Crippen molar-refractivity contribution >= 4 is 23.0 Å². The van der Waals surface area contributed by atoms with Gasteiger partial charge in [0.1, 0.15) is 11.3 Å². The van der Waals surface area contributed by atoms with Gasteiger partial charge in [-0.05, 0) is 60.6 Å². The van der Waals surface area contributed by atoms with Crippen LogP contribution in [-0.2, 0) is 22.5 Å². The molecule has 3 aromatic rings. The highest BCUT2D eigenvalue weighted by Crippen LogP contribution is 2.36. The van der Waals surface area contributed by atoms with Crippen LogP contribution in [0.25, 0.3) is 22.4 Å². The van der Waals surface area contributed by atoms with Gasteiger partial charge in [0.25, 0.3) is 0 Å². The molecule has 0 spiro atoms. The molecule has 2 amide bonds. The average molecular weight is 501 g/mol. The number of aromatic amines is 1. The number of ether oxygens (including phenoxy) is 1. The number of fused-ring (bicyclic) bond motifs is 4. The molecule has 7 rings (SSSR count). The largest absolute Gasteiger partial charge is 0.378 e. The molecule has 3 fully saturated rings. The number of Topliss-reactive ketones (excluding diaryl/α,β-unsaturated/α-hetero) is 1. The molecule has 37 heavy (non-hydrogen) atoms. The van der Waals surface area contributed by atoms with Gasteiger partial charge in [0.05, 0.1) is 31.1 Å². The molecule has 2 N–H and O–H groups in total. The minimum atomic E-state index is 0.0311.